The van der Waals surface area contributed by atoms with E-state index in [-0.39, 0.29) is 23.7 Å². The Kier molecular flexibility index (Phi) is 5.03. The number of piperazine rings is 1. The van der Waals surface area contributed by atoms with Crippen molar-refractivity contribution >= 4 is 17.3 Å². The van der Waals surface area contributed by atoms with Crippen LogP contribution < -0.4 is 5.32 Å². The van der Waals surface area contributed by atoms with Crippen molar-refractivity contribution in [2.24, 2.45) is 0 Å². The van der Waals surface area contributed by atoms with Gasteiger partial charge in [0, 0.05) is 38.4 Å². The summed E-state index contributed by atoms with van der Waals surface area (Å²) in [6, 6.07) is 5.52. The van der Waals surface area contributed by atoms with Crippen molar-refractivity contribution in [2.75, 3.05) is 32.7 Å². The van der Waals surface area contributed by atoms with Gasteiger partial charge in [-0.2, -0.15) is 0 Å². The predicted octanol–water partition coefficient (Wildman–Crippen LogP) is 1.25. The highest BCUT2D eigenvalue weighted by Crippen LogP contribution is 2.17. The first kappa shape index (κ1) is 17.4. The third kappa shape index (κ3) is 3.51. The van der Waals surface area contributed by atoms with Crippen molar-refractivity contribution in [1.82, 2.24) is 24.5 Å². The van der Waals surface area contributed by atoms with E-state index in [0.717, 1.165) is 19.6 Å². The molecule has 0 bridgehead atoms. The van der Waals surface area contributed by atoms with E-state index < -0.39 is 0 Å². The van der Waals surface area contributed by atoms with Crippen LogP contribution in [-0.2, 0) is 0 Å². The molecule has 1 saturated heterocycles. The molecule has 7 nitrogen and oxygen atoms in total. The molecule has 1 N–H and O–H groups in total. The van der Waals surface area contributed by atoms with Crippen LogP contribution >= 0.6 is 0 Å². The molecule has 7 heteroatoms. The van der Waals surface area contributed by atoms with E-state index in [2.05, 4.69) is 22.1 Å². The fourth-order valence-electron chi connectivity index (χ4n) is 3.10. The molecule has 3 heterocycles. The molecule has 0 atom stereocenters. The Morgan fingerprint density at radius 1 is 1.20 bits per heavy atom. The molecule has 0 unspecified atom stereocenters. The van der Waals surface area contributed by atoms with Crippen LogP contribution in [0.15, 0.2) is 24.4 Å². The minimum absolute atomic E-state index is 0.00448. The Balaban J connectivity index is 1.91. The number of carbonyl (C=O) groups is 2. The molecule has 0 aliphatic carbocycles. The Morgan fingerprint density at radius 3 is 2.56 bits per heavy atom. The standard InChI is InChI=1S/C18H25N5O2/c1-4-21-9-11-22(12-10-21)18(25)15-14-7-5-6-8-23(14)16(20-15)17(24)19-13(2)3/h5-8,13H,4,9-12H2,1-3H3,(H,19,24). The lowest BCUT2D eigenvalue weighted by Crippen LogP contribution is -2.48. The second kappa shape index (κ2) is 7.23. The molecule has 25 heavy (non-hydrogen) atoms. The molecule has 0 aromatic carbocycles. The molecule has 0 saturated carbocycles. The average Bonchev–Trinajstić information content (AvgIpc) is 3.00. The summed E-state index contributed by atoms with van der Waals surface area (Å²) in [4.78, 5) is 33.9. The van der Waals surface area contributed by atoms with E-state index in [1.807, 2.05) is 36.9 Å². The molecule has 1 aliphatic rings. The van der Waals surface area contributed by atoms with Crippen LogP contribution in [0.25, 0.3) is 5.52 Å². The van der Waals surface area contributed by atoms with Gasteiger partial charge < -0.3 is 15.1 Å². The fourth-order valence-corrected chi connectivity index (χ4v) is 3.10. The highest BCUT2D eigenvalue weighted by atomic mass is 16.2. The first-order valence-electron chi connectivity index (χ1n) is 8.80. The van der Waals surface area contributed by atoms with Crippen LogP contribution in [0.2, 0.25) is 0 Å². The SMILES string of the molecule is CCN1CCN(C(=O)c2nc(C(=O)NC(C)C)n3ccccc23)CC1. The summed E-state index contributed by atoms with van der Waals surface area (Å²) in [7, 11) is 0. The number of carbonyl (C=O) groups excluding carboxylic acids is 2. The fraction of sp³-hybridized carbons (Fsp3) is 0.500. The zero-order valence-corrected chi connectivity index (χ0v) is 15.0. The lowest BCUT2D eigenvalue weighted by Gasteiger charge is -2.33. The minimum Gasteiger partial charge on any atom is -0.347 e. The van der Waals surface area contributed by atoms with Gasteiger partial charge >= 0.3 is 0 Å². The first-order valence-corrected chi connectivity index (χ1v) is 8.80. The van der Waals surface area contributed by atoms with Gasteiger partial charge in [-0.3, -0.25) is 14.0 Å². The third-order valence-electron chi connectivity index (χ3n) is 4.48. The molecule has 2 aromatic heterocycles. The van der Waals surface area contributed by atoms with Crippen LogP contribution in [0.5, 0.6) is 0 Å². The van der Waals surface area contributed by atoms with Crippen molar-refractivity contribution in [3.63, 3.8) is 0 Å². The maximum absolute atomic E-state index is 13.0. The molecule has 3 rings (SSSR count). The summed E-state index contributed by atoms with van der Waals surface area (Å²) in [6.07, 6.45) is 1.77. The molecule has 1 aliphatic heterocycles. The Hall–Kier alpha value is -2.41. The van der Waals surface area contributed by atoms with E-state index in [1.165, 1.54) is 0 Å². The lowest BCUT2D eigenvalue weighted by molar-refractivity contribution is 0.0640. The van der Waals surface area contributed by atoms with Gasteiger partial charge in [0.25, 0.3) is 11.8 Å². The summed E-state index contributed by atoms with van der Waals surface area (Å²) in [5, 5.41) is 2.84. The number of nitrogens with one attached hydrogen (secondary N) is 1. The largest absolute Gasteiger partial charge is 0.347 e. The van der Waals surface area contributed by atoms with Gasteiger partial charge in [-0.25, -0.2) is 4.98 Å². The monoisotopic (exact) mass is 343 g/mol. The number of aromatic nitrogens is 2. The van der Waals surface area contributed by atoms with E-state index in [4.69, 9.17) is 0 Å². The molecule has 1 fully saturated rings. The van der Waals surface area contributed by atoms with Gasteiger partial charge in [0.05, 0.1) is 5.52 Å². The van der Waals surface area contributed by atoms with E-state index in [1.54, 1.807) is 10.6 Å². The van der Waals surface area contributed by atoms with Gasteiger partial charge in [-0.1, -0.05) is 13.0 Å². The lowest BCUT2D eigenvalue weighted by atomic mass is 10.2. The van der Waals surface area contributed by atoms with Crippen LogP contribution in [0, 0.1) is 0 Å². The Bertz CT molecular complexity index is 775. The van der Waals surface area contributed by atoms with Crippen LogP contribution in [0.3, 0.4) is 0 Å². The van der Waals surface area contributed by atoms with E-state index >= 15 is 0 Å². The number of nitrogens with zero attached hydrogens (tertiary/aromatic N) is 4. The number of fused-ring (bicyclic) bond motifs is 1. The van der Waals surface area contributed by atoms with Gasteiger partial charge in [-0.15, -0.1) is 0 Å². The summed E-state index contributed by atoms with van der Waals surface area (Å²) < 4.78 is 1.69. The Labute approximate surface area is 147 Å². The van der Waals surface area contributed by atoms with Crippen LogP contribution in [0.1, 0.15) is 41.9 Å². The van der Waals surface area contributed by atoms with Gasteiger partial charge in [-0.05, 0) is 32.5 Å². The predicted molar refractivity (Wildman–Crippen MR) is 95.8 cm³/mol. The number of likely N-dealkylation sites (N-methyl/N-ethyl adjacent to an activating group) is 1. The second-order valence-corrected chi connectivity index (χ2v) is 6.59. The molecule has 2 aromatic rings. The normalized spacial score (nSPS) is 15.8. The highest BCUT2D eigenvalue weighted by molar-refractivity contribution is 6.02. The van der Waals surface area contributed by atoms with E-state index in [0.29, 0.717) is 24.3 Å². The molecular formula is C18H25N5O2. The maximum atomic E-state index is 13.0. The van der Waals surface area contributed by atoms with Crippen molar-refractivity contribution in [3.8, 4) is 0 Å². The minimum atomic E-state index is -0.272. The number of pyridine rings is 1. The average molecular weight is 343 g/mol. The number of amides is 2. The second-order valence-electron chi connectivity index (χ2n) is 6.59. The first-order chi connectivity index (χ1) is 12.0. The van der Waals surface area contributed by atoms with Crippen LogP contribution in [0.4, 0.5) is 0 Å². The third-order valence-corrected chi connectivity index (χ3v) is 4.48. The summed E-state index contributed by atoms with van der Waals surface area (Å²) in [5.41, 5.74) is 1.01. The van der Waals surface area contributed by atoms with Gasteiger partial charge in [0.2, 0.25) is 5.82 Å². The molecular weight excluding hydrogens is 318 g/mol. The van der Waals surface area contributed by atoms with Crippen molar-refractivity contribution in [2.45, 2.75) is 26.8 Å². The summed E-state index contributed by atoms with van der Waals surface area (Å²) >= 11 is 0. The highest BCUT2D eigenvalue weighted by Gasteiger charge is 2.27. The van der Waals surface area contributed by atoms with E-state index in [9.17, 15) is 9.59 Å². The van der Waals surface area contributed by atoms with Crippen molar-refractivity contribution in [1.29, 1.82) is 0 Å². The smallest absolute Gasteiger partial charge is 0.287 e. The van der Waals surface area contributed by atoms with Gasteiger partial charge in [0.1, 0.15) is 0 Å². The number of rotatable bonds is 4. The Morgan fingerprint density at radius 2 is 1.92 bits per heavy atom. The van der Waals surface area contributed by atoms with Crippen molar-refractivity contribution in [3.05, 3.63) is 35.9 Å². The van der Waals surface area contributed by atoms with Gasteiger partial charge in [0.15, 0.2) is 5.69 Å². The number of hydrogen-bond donors (Lipinski definition) is 1. The number of hydrogen-bond acceptors (Lipinski definition) is 4. The van der Waals surface area contributed by atoms with Crippen molar-refractivity contribution < 1.29 is 9.59 Å². The van der Waals surface area contributed by atoms with Crippen LogP contribution in [-0.4, -0.2) is 69.8 Å². The molecule has 0 spiro atoms. The molecule has 0 radical (unpaired) electrons. The summed E-state index contributed by atoms with van der Waals surface area (Å²) in [6.45, 7) is 10.0. The molecule has 134 valence electrons. The zero-order valence-electron chi connectivity index (χ0n) is 15.0. The topological polar surface area (TPSA) is 69.9 Å². The summed E-state index contributed by atoms with van der Waals surface area (Å²) in [5.74, 6) is -0.131. The molecule has 2 amide bonds. The maximum Gasteiger partial charge on any atom is 0.287 e. The zero-order chi connectivity index (χ0) is 18.0. The quantitative estimate of drug-likeness (QED) is 0.907. The number of imidazole rings is 1.